The first-order chi connectivity index (χ1) is 9.91. The van der Waals surface area contributed by atoms with Crippen LogP contribution in [0.25, 0.3) is 0 Å². The Balaban J connectivity index is 2.30. The fourth-order valence-corrected chi connectivity index (χ4v) is 2.54. The van der Waals surface area contributed by atoms with Crippen molar-refractivity contribution in [3.63, 3.8) is 0 Å². The molecule has 0 aliphatic carbocycles. The number of piperidine rings is 1. The summed E-state index contributed by atoms with van der Waals surface area (Å²) in [6, 6.07) is 1.22. The number of aliphatic carboxylic acids is 1. The predicted octanol–water partition coefficient (Wildman–Crippen LogP) is 1.58. The molecule has 1 saturated heterocycles. The number of carbonyl (C=O) groups is 2. The number of amides is 1. The summed E-state index contributed by atoms with van der Waals surface area (Å²) in [5, 5.41) is 19.7. The van der Waals surface area contributed by atoms with Gasteiger partial charge in [0, 0.05) is 19.3 Å². The van der Waals surface area contributed by atoms with Gasteiger partial charge in [0.2, 0.25) is 5.15 Å². The fourth-order valence-electron chi connectivity index (χ4n) is 2.31. The summed E-state index contributed by atoms with van der Waals surface area (Å²) < 4.78 is 0. The molecule has 1 aliphatic heterocycles. The Hall–Kier alpha value is -2.22. The number of carboxylic acid groups (broad SMARTS) is 1. The number of carbonyl (C=O) groups excluding carboxylic acids is 1. The van der Waals surface area contributed by atoms with Gasteiger partial charge in [-0.25, -0.2) is 4.98 Å². The van der Waals surface area contributed by atoms with E-state index >= 15 is 0 Å². The van der Waals surface area contributed by atoms with Crippen molar-refractivity contribution in [1.82, 2.24) is 9.88 Å². The van der Waals surface area contributed by atoms with Gasteiger partial charge in [-0.3, -0.25) is 19.7 Å². The quantitative estimate of drug-likeness (QED) is 0.515. The third kappa shape index (κ3) is 3.10. The van der Waals surface area contributed by atoms with Crippen molar-refractivity contribution in [3.8, 4) is 0 Å². The zero-order chi connectivity index (χ0) is 15.6. The van der Waals surface area contributed by atoms with E-state index in [2.05, 4.69) is 4.98 Å². The molecular formula is C12H12ClN3O5. The van der Waals surface area contributed by atoms with Crippen LogP contribution in [0.3, 0.4) is 0 Å². The number of nitrogens with zero attached hydrogens (tertiary/aromatic N) is 3. The molecule has 9 heteroatoms. The van der Waals surface area contributed by atoms with Gasteiger partial charge in [-0.15, -0.1) is 0 Å². The Bertz CT molecular complexity index is 607. The number of carboxylic acids is 1. The van der Waals surface area contributed by atoms with Crippen LogP contribution in [-0.2, 0) is 4.79 Å². The summed E-state index contributed by atoms with van der Waals surface area (Å²) >= 11 is 5.67. The van der Waals surface area contributed by atoms with Crippen LogP contribution in [0, 0.1) is 16.0 Å². The molecule has 1 aromatic rings. The minimum Gasteiger partial charge on any atom is -0.481 e. The monoisotopic (exact) mass is 313 g/mol. The molecule has 1 fully saturated rings. The Morgan fingerprint density at radius 1 is 1.52 bits per heavy atom. The van der Waals surface area contributed by atoms with Crippen molar-refractivity contribution in [2.75, 3.05) is 13.1 Å². The van der Waals surface area contributed by atoms with E-state index in [1.165, 1.54) is 17.2 Å². The molecule has 112 valence electrons. The molecule has 0 radical (unpaired) electrons. The average molecular weight is 314 g/mol. The SMILES string of the molecule is O=C(O)C1CCCN(C(=O)c2ccnc(Cl)c2[N+](=O)[O-])C1. The molecule has 21 heavy (non-hydrogen) atoms. The van der Waals surface area contributed by atoms with Crippen LogP contribution < -0.4 is 0 Å². The molecule has 0 spiro atoms. The molecule has 1 amide bonds. The van der Waals surface area contributed by atoms with Crippen molar-refractivity contribution >= 4 is 29.2 Å². The van der Waals surface area contributed by atoms with E-state index < -0.39 is 28.4 Å². The molecule has 1 aliphatic rings. The van der Waals surface area contributed by atoms with Gasteiger partial charge in [0.05, 0.1) is 10.8 Å². The number of halogens is 1. The second kappa shape index (κ2) is 6.04. The predicted molar refractivity (Wildman–Crippen MR) is 72.2 cm³/mol. The minimum atomic E-state index is -0.977. The first-order valence-electron chi connectivity index (χ1n) is 6.22. The first-order valence-corrected chi connectivity index (χ1v) is 6.60. The topological polar surface area (TPSA) is 114 Å². The molecule has 8 nitrogen and oxygen atoms in total. The van der Waals surface area contributed by atoms with Gasteiger partial charge in [0.25, 0.3) is 5.91 Å². The number of nitro groups is 1. The number of aromatic nitrogens is 1. The van der Waals surface area contributed by atoms with Crippen LogP contribution in [0.4, 0.5) is 5.69 Å². The number of hydrogen-bond acceptors (Lipinski definition) is 5. The van der Waals surface area contributed by atoms with E-state index in [0.29, 0.717) is 19.4 Å². The molecule has 2 rings (SSSR count). The third-order valence-corrected chi connectivity index (χ3v) is 3.63. The van der Waals surface area contributed by atoms with E-state index in [4.69, 9.17) is 16.7 Å². The van der Waals surface area contributed by atoms with Gasteiger partial charge in [0.15, 0.2) is 0 Å². The van der Waals surface area contributed by atoms with Gasteiger partial charge in [-0.1, -0.05) is 11.6 Å². The molecule has 1 aromatic heterocycles. The van der Waals surface area contributed by atoms with E-state index in [1.54, 1.807) is 0 Å². The highest BCUT2D eigenvalue weighted by Crippen LogP contribution is 2.28. The highest BCUT2D eigenvalue weighted by Gasteiger charge is 2.32. The van der Waals surface area contributed by atoms with Gasteiger partial charge in [-0.2, -0.15) is 0 Å². The molecule has 1 atom stereocenters. The molecule has 1 unspecified atom stereocenters. The van der Waals surface area contributed by atoms with E-state index in [1.807, 2.05) is 0 Å². The molecular weight excluding hydrogens is 302 g/mol. The van der Waals surface area contributed by atoms with Crippen LogP contribution in [-0.4, -0.2) is 44.9 Å². The Morgan fingerprint density at radius 2 is 2.24 bits per heavy atom. The minimum absolute atomic E-state index is 0.0330. The lowest BCUT2D eigenvalue weighted by Crippen LogP contribution is -2.42. The number of hydrogen-bond donors (Lipinski definition) is 1. The maximum absolute atomic E-state index is 12.4. The van der Waals surface area contributed by atoms with Crippen molar-refractivity contribution in [2.24, 2.45) is 5.92 Å². The normalized spacial score (nSPS) is 18.3. The standard InChI is InChI=1S/C12H12ClN3O5/c13-10-9(16(20)21)8(3-4-14-10)11(17)15-5-1-2-7(6-15)12(18)19/h3-4,7H,1-2,5-6H2,(H,18,19). The van der Waals surface area contributed by atoms with E-state index in [-0.39, 0.29) is 17.3 Å². The van der Waals surface area contributed by atoms with Gasteiger partial charge >= 0.3 is 11.7 Å². The van der Waals surface area contributed by atoms with Crippen LogP contribution in [0.15, 0.2) is 12.3 Å². The van der Waals surface area contributed by atoms with Crippen LogP contribution in [0.2, 0.25) is 5.15 Å². The van der Waals surface area contributed by atoms with Crippen LogP contribution >= 0.6 is 11.6 Å². The average Bonchev–Trinajstić information content (AvgIpc) is 2.45. The first kappa shape index (κ1) is 15.2. The maximum atomic E-state index is 12.4. The number of pyridine rings is 1. The van der Waals surface area contributed by atoms with Gasteiger partial charge < -0.3 is 10.0 Å². The summed E-state index contributed by atoms with van der Waals surface area (Å²) in [6.45, 7) is 0.394. The van der Waals surface area contributed by atoms with Crippen molar-refractivity contribution in [2.45, 2.75) is 12.8 Å². The Morgan fingerprint density at radius 3 is 2.86 bits per heavy atom. The Kier molecular flexibility index (Phi) is 4.37. The second-order valence-electron chi connectivity index (χ2n) is 4.68. The molecule has 0 aromatic carbocycles. The largest absolute Gasteiger partial charge is 0.481 e. The third-order valence-electron chi connectivity index (χ3n) is 3.35. The fraction of sp³-hybridized carbons (Fsp3) is 0.417. The summed E-state index contributed by atoms with van der Waals surface area (Å²) in [6.07, 6.45) is 2.23. The van der Waals surface area contributed by atoms with E-state index in [0.717, 1.165) is 0 Å². The van der Waals surface area contributed by atoms with Crippen molar-refractivity contribution < 1.29 is 19.6 Å². The van der Waals surface area contributed by atoms with Crippen LogP contribution in [0.1, 0.15) is 23.2 Å². The number of rotatable bonds is 3. The highest BCUT2D eigenvalue weighted by molar-refractivity contribution is 6.32. The summed E-state index contributed by atoms with van der Waals surface area (Å²) in [5.74, 6) is -2.23. The lowest BCUT2D eigenvalue weighted by atomic mass is 9.97. The molecule has 2 heterocycles. The second-order valence-corrected chi connectivity index (χ2v) is 5.04. The molecule has 0 bridgehead atoms. The zero-order valence-corrected chi connectivity index (χ0v) is 11.6. The summed E-state index contributed by atoms with van der Waals surface area (Å²) in [7, 11) is 0. The van der Waals surface area contributed by atoms with Crippen molar-refractivity contribution in [1.29, 1.82) is 0 Å². The van der Waals surface area contributed by atoms with E-state index in [9.17, 15) is 19.7 Å². The van der Waals surface area contributed by atoms with Gasteiger partial charge in [0.1, 0.15) is 5.56 Å². The lowest BCUT2D eigenvalue weighted by Gasteiger charge is -2.30. The van der Waals surface area contributed by atoms with Gasteiger partial charge in [-0.05, 0) is 18.9 Å². The Labute approximate surface area is 124 Å². The summed E-state index contributed by atoms with van der Waals surface area (Å²) in [5.41, 5.74) is -0.729. The maximum Gasteiger partial charge on any atom is 0.319 e. The number of likely N-dealkylation sites (tertiary alicyclic amines) is 1. The highest BCUT2D eigenvalue weighted by atomic mass is 35.5. The molecule has 1 N–H and O–H groups in total. The van der Waals surface area contributed by atoms with Crippen LogP contribution in [0.5, 0.6) is 0 Å². The zero-order valence-electron chi connectivity index (χ0n) is 10.9. The molecule has 0 saturated carbocycles. The van der Waals surface area contributed by atoms with Crippen molar-refractivity contribution in [3.05, 3.63) is 33.1 Å². The summed E-state index contributed by atoms with van der Waals surface area (Å²) in [4.78, 5) is 38.6. The smallest absolute Gasteiger partial charge is 0.319 e. The lowest BCUT2D eigenvalue weighted by molar-refractivity contribution is -0.385.